The minimum Gasteiger partial charge on any atom is -0.366 e. The van der Waals surface area contributed by atoms with Crippen molar-refractivity contribution in [2.75, 3.05) is 10.6 Å². The summed E-state index contributed by atoms with van der Waals surface area (Å²) in [4.78, 5) is 8.36. The number of H-pyrrole nitrogens is 1. The van der Waals surface area contributed by atoms with Gasteiger partial charge in [-0.25, -0.2) is 9.37 Å². The van der Waals surface area contributed by atoms with Crippen LogP contribution in [0, 0.1) is 5.82 Å². The fourth-order valence-corrected chi connectivity index (χ4v) is 2.27. The van der Waals surface area contributed by atoms with E-state index in [0.717, 1.165) is 5.69 Å². The van der Waals surface area contributed by atoms with Crippen molar-refractivity contribution in [3.05, 3.63) is 58.2 Å². The first-order chi connectivity index (χ1) is 11.1. The molecule has 3 rings (SSSR count). The van der Waals surface area contributed by atoms with E-state index in [-0.39, 0.29) is 17.1 Å². The minimum absolute atomic E-state index is 0.0243. The van der Waals surface area contributed by atoms with Gasteiger partial charge in [-0.1, -0.05) is 23.2 Å². The van der Waals surface area contributed by atoms with Crippen molar-refractivity contribution in [3.63, 3.8) is 0 Å². The van der Waals surface area contributed by atoms with Gasteiger partial charge in [0.2, 0.25) is 5.95 Å². The summed E-state index contributed by atoms with van der Waals surface area (Å²) >= 11 is 11.8. The molecule has 3 aromatic rings. The van der Waals surface area contributed by atoms with Gasteiger partial charge in [-0.15, -0.1) is 0 Å². The molecule has 2 aromatic heterocycles. The van der Waals surface area contributed by atoms with Crippen LogP contribution in [0.2, 0.25) is 10.0 Å². The Kier molecular flexibility index (Phi) is 4.59. The predicted octanol–water partition coefficient (Wildman–Crippen LogP) is 4.00. The highest BCUT2D eigenvalue weighted by Crippen LogP contribution is 2.26. The van der Waals surface area contributed by atoms with Crippen molar-refractivity contribution in [2.45, 2.75) is 6.54 Å². The molecule has 6 nitrogen and oxygen atoms in total. The maximum absolute atomic E-state index is 14.0. The Morgan fingerprint density at radius 2 is 2.00 bits per heavy atom. The molecule has 0 aliphatic carbocycles. The molecule has 0 aliphatic rings. The highest BCUT2D eigenvalue weighted by atomic mass is 35.5. The van der Waals surface area contributed by atoms with E-state index in [2.05, 4.69) is 30.8 Å². The zero-order chi connectivity index (χ0) is 16.2. The fraction of sp³-hybridized carbons (Fsp3) is 0.0714. The van der Waals surface area contributed by atoms with Gasteiger partial charge in [0.1, 0.15) is 11.6 Å². The van der Waals surface area contributed by atoms with E-state index in [0.29, 0.717) is 16.8 Å². The van der Waals surface area contributed by atoms with Crippen LogP contribution in [0.4, 0.5) is 21.8 Å². The van der Waals surface area contributed by atoms with Crippen LogP contribution in [-0.2, 0) is 6.54 Å². The van der Waals surface area contributed by atoms with Gasteiger partial charge in [0.05, 0.1) is 16.9 Å². The van der Waals surface area contributed by atoms with Crippen molar-refractivity contribution < 1.29 is 4.39 Å². The summed E-state index contributed by atoms with van der Waals surface area (Å²) in [5.74, 6) is 0.355. The Hall–Kier alpha value is -2.38. The second-order valence-corrected chi connectivity index (χ2v) is 5.37. The number of halogens is 3. The summed E-state index contributed by atoms with van der Waals surface area (Å²) in [5.41, 5.74) is 1.01. The molecule has 1 aromatic carbocycles. The quantitative estimate of drug-likeness (QED) is 0.605. The number of nitrogens with one attached hydrogen (secondary N) is 3. The van der Waals surface area contributed by atoms with Crippen molar-refractivity contribution in [2.24, 2.45) is 0 Å². The average Bonchev–Trinajstić information content (AvgIpc) is 3.04. The van der Waals surface area contributed by atoms with E-state index in [1.807, 2.05) is 0 Å². The molecular weight excluding hydrogens is 342 g/mol. The van der Waals surface area contributed by atoms with Gasteiger partial charge in [-0.05, 0) is 18.2 Å². The van der Waals surface area contributed by atoms with E-state index < -0.39 is 5.82 Å². The number of hydrogen-bond acceptors (Lipinski definition) is 5. The van der Waals surface area contributed by atoms with E-state index in [1.165, 1.54) is 6.07 Å². The van der Waals surface area contributed by atoms with Crippen LogP contribution in [0.15, 0.2) is 36.8 Å². The Morgan fingerprint density at radius 3 is 2.78 bits per heavy atom. The van der Waals surface area contributed by atoms with Crippen LogP contribution < -0.4 is 10.6 Å². The van der Waals surface area contributed by atoms with E-state index in [4.69, 9.17) is 23.2 Å². The number of rotatable bonds is 5. The standard InChI is InChI=1S/C14H11Cl2FN6/c15-10-1-2-11(16)13(17)9(10)7-19-12-3-4-18-14(23-12)22-8-5-20-21-6-8/h1-6H,7H2,(H,20,21)(H2,18,19,22,23). The third-order valence-electron chi connectivity index (χ3n) is 3.00. The number of aromatic amines is 1. The zero-order valence-corrected chi connectivity index (χ0v) is 13.2. The van der Waals surface area contributed by atoms with Gasteiger partial charge in [0.15, 0.2) is 0 Å². The summed E-state index contributed by atoms with van der Waals surface area (Å²) in [6.07, 6.45) is 4.85. The molecule has 9 heteroatoms. The minimum atomic E-state index is -0.544. The van der Waals surface area contributed by atoms with Gasteiger partial charge < -0.3 is 10.6 Å². The molecule has 118 valence electrons. The molecule has 0 bridgehead atoms. The van der Waals surface area contributed by atoms with Crippen molar-refractivity contribution in [1.29, 1.82) is 0 Å². The second-order valence-electron chi connectivity index (χ2n) is 4.55. The van der Waals surface area contributed by atoms with E-state index in [9.17, 15) is 4.39 Å². The van der Waals surface area contributed by atoms with Gasteiger partial charge in [0.25, 0.3) is 0 Å². The Morgan fingerprint density at radius 1 is 1.17 bits per heavy atom. The van der Waals surface area contributed by atoms with Gasteiger partial charge in [-0.2, -0.15) is 10.1 Å². The molecule has 2 heterocycles. The molecular formula is C14H11Cl2FN6. The third-order valence-corrected chi connectivity index (χ3v) is 3.64. The SMILES string of the molecule is Fc1c(Cl)ccc(Cl)c1CNc1ccnc(Nc2cn[nH]c2)n1. The van der Waals surface area contributed by atoms with Crippen LogP contribution in [0.3, 0.4) is 0 Å². The Balaban J connectivity index is 1.73. The highest BCUT2D eigenvalue weighted by Gasteiger charge is 2.11. The third kappa shape index (κ3) is 3.69. The summed E-state index contributed by atoms with van der Waals surface area (Å²) in [6.45, 7) is 0.146. The maximum Gasteiger partial charge on any atom is 0.229 e. The van der Waals surface area contributed by atoms with Crippen LogP contribution in [0.25, 0.3) is 0 Å². The molecule has 0 amide bonds. The monoisotopic (exact) mass is 352 g/mol. The lowest BCUT2D eigenvalue weighted by Gasteiger charge is -2.10. The molecule has 0 unspecified atom stereocenters. The summed E-state index contributed by atoms with van der Waals surface area (Å²) in [7, 11) is 0. The van der Waals surface area contributed by atoms with Gasteiger partial charge in [0, 0.05) is 29.5 Å². The Labute approximate surface area is 141 Å². The molecule has 0 spiro atoms. The molecule has 0 aliphatic heterocycles. The normalized spacial score (nSPS) is 10.6. The number of hydrogen-bond donors (Lipinski definition) is 3. The van der Waals surface area contributed by atoms with Crippen LogP contribution >= 0.6 is 23.2 Å². The molecule has 0 radical (unpaired) electrons. The second kappa shape index (κ2) is 6.80. The lowest BCUT2D eigenvalue weighted by molar-refractivity contribution is 0.613. The maximum atomic E-state index is 14.0. The summed E-state index contributed by atoms with van der Waals surface area (Å²) in [6, 6.07) is 4.63. The lowest BCUT2D eigenvalue weighted by atomic mass is 10.2. The predicted molar refractivity (Wildman–Crippen MR) is 87.6 cm³/mol. The number of aromatic nitrogens is 4. The molecule has 0 fully saturated rings. The van der Waals surface area contributed by atoms with Crippen molar-refractivity contribution >= 4 is 40.7 Å². The van der Waals surface area contributed by atoms with Crippen LogP contribution in [0.5, 0.6) is 0 Å². The lowest BCUT2D eigenvalue weighted by Crippen LogP contribution is -2.06. The topological polar surface area (TPSA) is 78.5 Å². The molecule has 3 N–H and O–H groups in total. The Bertz CT molecular complexity index is 809. The molecule has 0 saturated carbocycles. The largest absolute Gasteiger partial charge is 0.366 e. The van der Waals surface area contributed by atoms with Crippen LogP contribution in [-0.4, -0.2) is 20.2 Å². The number of anilines is 3. The van der Waals surface area contributed by atoms with E-state index >= 15 is 0 Å². The molecule has 0 saturated heterocycles. The summed E-state index contributed by atoms with van der Waals surface area (Å²) < 4.78 is 14.0. The fourth-order valence-electron chi connectivity index (χ4n) is 1.88. The van der Waals surface area contributed by atoms with Crippen molar-refractivity contribution in [1.82, 2.24) is 20.2 Å². The first kappa shape index (κ1) is 15.5. The smallest absolute Gasteiger partial charge is 0.229 e. The first-order valence-electron chi connectivity index (χ1n) is 6.58. The zero-order valence-electron chi connectivity index (χ0n) is 11.6. The van der Waals surface area contributed by atoms with Gasteiger partial charge >= 0.3 is 0 Å². The van der Waals surface area contributed by atoms with Crippen molar-refractivity contribution in [3.8, 4) is 0 Å². The number of nitrogens with zero attached hydrogens (tertiary/aromatic N) is 3. The van der Waals surface area contributed by atoms with Crippen LogP contribution in [0.1, 0.15) is 5.56 Å². The molecule has 0 atom stereocenters. The van der Waals surface area contributed by atoms with E-state index in [1.54, 1.807) is 30.7 Å². The summed E-state index contributed by atoms with van der Waals surface area (Å²) in [5, 5.41) is 12.8. The first-order valence-corrected chi connectivity index (χ1v) is 7.34. The molecule has 23 heavy (non-hydrogen) atoms. The van der Waals surface area contributed by atoms with Gasteiger partial charge in [-0.3, -0.25) is 5.10 Å². The average molecular weight is 353 g/mol. The highest BCUT2D eigenvalue weighted by molar-refractivity contribution is 6.33. The number of benzene rings is 1.